The van der Waals surface area contributed by atoms with E-state index in [2.05, 4.69) is 21.0 Å². The number of hydrogen-bond donors (Lipinski definition) is 0. The summed E-state index contributed by atoms with van der Waals surface area (Å²) in [6.45, 7) is 3.53. The van der Waals surface area contributed by atoms with E-state index in [1.54, 1.807) is 7.05 Å². The van der Waals surface area contributed by atoms with Crippen LogP contribution in [-0.4, -0.2) is 43.7 Å². The van der Waals surface area contributed by atoms with Gasteiger partial charge in [0.1, 0.15) is 0 Å². The minimum Gasteiger partial charge on any atom is -0.465 e. The highest BCUT2D eigenvalue weighted by atomic mass is 16.5. The van der Waals surface area contributed by atoms with Crippen LogP contribution in [0.2, 0.25) is 0 Å². The molecule has 0 aliphatic carbocycles. The van der Waals surface area contributed by atoms with Crippen LogP contribution in [-0.2, 0) is 17.7 Å². The summed E-state index contributed by atoms with van der Waals surface area (Å²) in [5.74, 6) is 0.419. The van der Waals surface area contributed by atoms with E-state index in [1.165, 1.54) is 12.7 Å². The van der Waals surface area contributed by atoms with Crippen LogP contribution in [0, 0.1) is 0 Å². The molecule has 0 radical (unpaired) electrons. The van der Waals surface area contributed by atoms with E-state index in [0.717, 1.165) is 24.9 Å². The molecule has 1 aromatic carbocycles. The van der Waals surface area contributed by atoms with Crippen molar-refractivity contribution < 1.29 is 9.53 Å². The Balaban J connectivity index is 2.30. The van der Waals surface area contributed by atoms with Gasteiger partial charge in [0.2, 0.25) is 5.96 Å². The SMILES string of the molecule is CC/C=N\C(=NC)N1CCc2cccc(C(=O)OC)c2C1. The van der Waals surface area contributed by atoms with Crippen molar-refractivity contribution in [2.75, 3.05) is 20.7 Å². The number of benzene rings is 1. The maximum absolute atomic E-state index is 11.9. The van der Waals surface area contributed by atoms with E-state index in [1.807, 2.05) is 25.3 Å². The minimum atomic E-state index is -0.291. The normalized spacial score (nSPS) is 15.2. The van der Waals surface area contributed by atoms with Gasteiger partial charge in [0.15, 0.2) is 0 Å². The summed E-state index contributed by atoms with van der Waals surface area (Å²) in [5, 5.41) is 0. The summed E-state index contributed by atoms with van der Waals surface area (Å²) in [6, 6.07) is 5.79. The molecule has 0 amide bonds. The van der Waals surface area contributed by atoms with Gasteiger partial charge in [-0.05, 0) is 30.0 Å². The molecule has 0 atom stereocenters. The van der Waals surface area contributed by atoms with Gasteiger partial charge >= 0.3 is 5.97 Å². The fourth-order valence-electron chi connectivity index (χ4n) is 2.51. The van der Waals surface area contributed by atoms with E-state index in [-0.39, 0.29) is 5.97 Å². The highest BCUT2D eigenvalue weighted by Gasteiger charge is 2.23. The van der Waals surface area contributed by atoms with Crippen LogP contribution in [0.1, 0.15) is 34.8 Å². The summed E-state index contributed by atoms with van der Waals surface area (Å²) in [7, 11) is 3.15. The van der Waals surface area contributed by atoms with E-state index in [9.17, 15) is 4.79 Å². The lowest BCUT2D eigenvalue weighted by molar-refractivity contribution is 0.0598. The number of guanidine groups is 1. The van der Waals surface area contributed by atoms with E-state index >= 15 is 0 Å². The number of rotatable bonds is 2. The van der Waals surface area contributed by atoms with Crippen LogP contribution < -0.4 is 0 Å². The fourth-order valence-corrected chi connectivity index (χ4v) is 2.51. The van der Waals surface area contributed by atoms with E-state index < -0.39 is 0 Å². The molecule has 1 heterocycles. The molecular formula is C16H21N3O2. The maximum Gasteiger partial charge on any atom is 0.338 e. The summed E-state index contributed by atoms with van der Waals surface area (Å²) in [4.78, 5) is 22.6. The number of ether oxygens (including phenoxy) is 1. The summed E-state index contributed by atoms with van der Waals surface area (Å²) in [6.07, 6.45) is 3.60. The Morgan fingerprint density at radius 3 is 2.95 bits per heavy atom. The van der Waals surface area contributed by atoms with Gasteiger partial charge in [0, 0.05) is 26.4 Å². The number of hydrogen-bond acceptors (Lipinski definition) is 3. The van der Waals surface area contributed by atoms with Gasteiger partial charge in [-0.3, -0.25) is 4.99 Å². The smallest absolute Gasteiger partial charge is 0.338 e. The molecule has 0 spiro atoms. The lowest BCUT2D eigenvalue weighted by Crippen LogP contribution is -2.36. The highest BCUT2D eigenvalue weighted by molar-refractivity contribution is 5.92. The van der Waals surface area contributed by atoms with Crippen molar-refractivity contribution >= 4 is 18.1 Å². The molecule has 0 saturated carbocycles. The number of nitrogens with zero attached hydrogens (tertiary/aromatic N) is 3. The minimum absolute atomic E-state index is 0.291. The predicted molar refractivity (Wildman–Crippen MR) is 84.0 cm³/mol. The Morgan fingerprint density at radius 2 is 2.29 bits per heavy atom. The number of carbonyl (C=O) groups is 1. The first-order valence-electron chi connectivity index (χ1n) is 7.14. The van der Waals surface area contributed by atoms with Crippen molar-refractivity contribution in [3.05, 3.63) is 34.9 Å². The zero-order valence-electron chi connectivity index (χ0n) is 12.8. The van der Waals surface area contributed by atoms with E-state index in [0.29, 0.717) is 18.1 Å². The molecule has 1 aliphatic rings. The molecule has 21 heavy (non-hydrogen) atoms. The zero-order valence-corrected chi connectivity index (χ0v) is 12.8. The summed E-state index contributed by atoms with van der Waals surface area (Å²) < 4.78 is 4.87. The van der Waals surface area contributed by atoms with Crippen molar-refractivity contribution in [3.63, 3.8) is 0 Å². The van der Waals surface area contributed by atoms with Crippen molar-refractivity contribution in [1.82, 2.24) is 4.90 Å². The Bertz CT molecular complexity index is 579. The standard InChI is InChI=1S/C16H21N3O2/c1-4-9-18-16(17-2)19-10-8-12-6-5-7-13(14(12)11-19)15(20)21-3/h5-7,9H,4,8,10-11H2,1-3H3/b17-16?,18-9-. The molecule has 5 heteroatoms. The lowest BCUT2D eigenvalue weighted by atomic mass is 9.95. The molecule has 1 aromatic rings. The Hall–Kier alpha value is -2.17. The quantitative estimate of drug-likeness (QED) is 0.476. The monoisotopic (exact) mass is 287 g/mol. The number of esters is 1. The van der Waals surface area contributed by atoms with Gasteiger partial charge < -0.3 is 9.64 Å². The zero-order chi connectivity index (χ0) is 15.2. The first-order chi connectivity index (χ1) is 10.2. The molecule has 0 saturated heterocycles. The number of carbonyl (C=O) groups excluding carboxylic acids is 1. The molecule has 112 valence electrons. The van der Waals surface area contributed by atoms with Crippen molar-refractivity contribution in [3.8, 4) is 0 Å². The Morgan fingerprint density at radius 1 is 1.48 bits per heavy atom. The first kappa shape index (κ1) is 15.2. The van der Waals surface area contributed by atoms with Crippen LogP contribution in [0.4, 0.5) is 0 Å². The fraction of sp³-hybridized carbons (Fsp3) is 0.438. The van der Waals surface area contributed by atoms with Gasteiger partial charge in [0.05, 0.1) is 12.7 Å². The Kier molecular flexibility index (Phi) is 5.09. The van der Waals surface area contributed by atoms with Crippen molar-refractivity contribution in [2.45, 2.75) is 26.3 Å². The molecule has 5 nitrogen and oxygen atoms in total. The van der Waals surface area contributed by atoms with Gasteiger partial charge in [-0.25, -0.2) is 9.79 Å². The third-order valence-electron chi connectivity index (χ3n) is 3.55. The van der Waals surface area contributed by atoms with Crippen LogP contribution in [0.3, 0.4) is 0 Å². The number of fused-ring (bicyclic) bond motifs is 1. The molecule has 0 fully saturated rings. The molecule has 0 unspecified atom stereocenters. The first-order valence-corrected chi connectivity index (χ1v) is 7.14. The van der Waals surface area contributed by atoms with Crippen molar-refractivity contribution in [1.29, 1.82) is 0 Å². The van der Waals surface area contributed by atoms with Crippen molar-refractivity contribution in [2.24, 2.45) is 9.98 Å². The summed E-state index contributed by atoms with van der Waals surface area (Å²) in [5.41, 5.74) is 2.85. The highest BCUT2D eigenvalue weighted by Crippen LogP contribution is 2.23. The van der Waals surface area contributed by atoms with Gasteiger partial charge in [-0.2, -0.15) is 0 Å². The number of methoxy groups -OCH3 is 1. The molecular weight excluding hydrogens is 266 g/mol. The Labute approximate surface area is 125 Å². The average Bonchev–Trinajstić information content (AvgIpc) is 2.54. The van der Waals surface area contributed by atoms with E-state index in [4.69, 9.17) is 4.74 Å². The van der Waals surface area contributed by atoms with Gasteiger partial charge in [-0.15, -0.1) is 0 Å². The predicted octanol–water partition coefficient (Wildman–Crippen LogP) is 2.30. The topological polar surface area (TPSA) is 54.3 Å². The molecule has 1 aliphatic heterocycles. The average molecular weight is 287 g/mol. The molecule has 2 rings (SSSR count). The van der Waals surface area contributed by atoms with Crippen LogP contribution >= 0.6 is 0 Å². The third-order valence-corrected chi connectivity index (χ3v) is 3.55. The second-order valence-corrected chi connectivity index (χ2v) is 4.85. The second kappa shape index (κ2) is 7.02. The summed E-state index contributed by atoms with van der Waals surface area (Å²) >= 11 is 0. The third kappa shape index (κ3) is 3.29. The maximum atomic E-state index is 11.9. The molecule has 0 aromatic heterocycles. The molecule has 0 N–H and O–H groups in total. The number of aliphatic imine (C=N–C) groups is 2. The van der Waals surface area contributed by atoms with Crippen LogP contribution in [0.15, 0.2) is 28.2 Å². The van der Waals surface area contributed by atoms with Crippen LogP contribution in [0.25, 0.3) is 0 Å². The van der Waals surface area contributed by atoms with Gasteiger partial charge in [0.25, 0.3) is 0 Å². The second-order valence-electron chi connectivity index (χ2n) is 4.85. The van der Waals surface area contributed by atoms with Gasteiger partial charge in [-0.1, -0.05) is 19.1 Å². The molecule has 0 bridgehead atoms. The lowest BCUT2D eigenvalue weighted by Gasteiger charge is -2.30. The largest absolute Gasteiger partial charge is 0.465 e. The van der Waals surface area contributed by atoms with Crippen LogP contribution in [0.5, 0.6) is 0 Å².